The number of carbonyl (C=O) groups is 1. The summed E-state index contributed by atoms with van der Waals surface area (Å²) in [6, 6.07) is 15.7. The van der Waals surface area contributed by atoms with E-state index >= 15 is 0 Å². The first-order chi connectivity index (χ1) is 13.7. The van der Waals surface area contributed by atoms with Crippen molar-refractivity contribution in [3.05, 3.63) is 54.1 Å². The molecule has 3 rings (SSSR count). The van der Waals surface area contributed by atoms with Gasteiger partial charge in [0.1, 0.15) is 18.6 Å². The molecule has 2 atom stereocenters. The first-order valence-electron chi connectivity index (χ1n) is 9.30. The van der Waals surface area contributed by atoms with E-state index in [-0.39, 0.29) is 12.8 Å². The van der Waals surface area contributed by atoms with Gasteiger partial charge in [-0.1, -0.05) is 30.3 Å². The number of anilines is 1. The number of nitrogens with zero attached hydrogens (tertiary/aromatic N) is 1. The van der Waals surface area contributed by atoms with E-state index in [0.717, 1.165) is 28.3 Å². The van der Waals surface area contributed by atoms with Crippen molar-refractivity contribution in [2.45, 2.75) is 23.6 Å². The van der Waals surface area contributed by atoms with Gasteiger partial charge in [-0.25, -0.2) is 0 Å². The van der Waals surface area contributed by atoms with Gasteiger partial charge in [-0.05, 0) is 30.0 Å². The predicted octanol–water partition coefficient (Wildman–Crippen LogP) is 2.30. The number of para-hydroxylation sites is 2. The van der Waals surface area contributed by atoms with Crippen LogP contribution in [0.4, 0.5) is 5.69 Å². The zero-order valence-corrected chi connectivity index (χ0v) is 16.7. The number of nitrogens with one attached hydrogen (secondary N) is 1. The van der Waals surface area contributed by atoms with Gasteiger partial charge in [-0.3, -0.25) is 9.69 Å². The molecule has 2 N–H and O–H groups in total. The number of hydrogen-bond donors (Lipinski definition) is 2. The van der Waals surface area contributed by atoms with Crippen LogP contribution in [-0.2, 0) is 16.0 Å². The van der Waals surface area contributed by atoms with Crippen LogP contribution in [0.25, 0.3) is 0 Å². The van der Waals surface area contributed by atoms with E-state index in [9.17, 15) is 9.90 Å². The minimum atomic E-state index is -0.657. The van der Waals surface area contributed by atoms with Crippen molar-refractivity contribution >= 4 is 23.9 Å². The summed E-state index contributed by atoms with van der Waals surface area (Å²) in [6.45, 7) is 1.69. The van der Waals surface area contributed by atoms with Gasteiger partial charge in [0.05, 0.1) is 12.7 Å². The third-order valence-electron chi connectivity index (χ3n) is 4.55. The highest BCUT2D eigenvalue weighted by Gasteiger charge is 2.29. The number of hydrogen-bond acceptors (Lipinski definition) is 6. The van der Waals surface area contributed by atoms with Gasteiger partial charge in [0.15, 0.2) is 0 Å². The minimum absolute atomic E-state index is 0.159. The Morgan fingerprint density at radius 3 is 2.89 bits per heavy atom. The van der Waals surface area contributed by atoms with E-state index in [0.29, 0.717) is 26.1 Å². The fraction of sp³-hybridized carbons (Fsp3) is 0.381. The van der Waals surface area contributed by atoms with Crippen LogP contribution >= 0.6 is 11.8 Å². The molecule has 2 unspecified atom stereocenters. The maximum Gasteiger partial charge on any atom is 0.216 e. The van der Waals surface area contributed by atoms with Crippen molar-refractivity contribution in [2.24, 2.45) is 0 Å². The lowest BCUT2D eigenvalue weighted by molar-refractivity contribution is -0.110. The molecule has 0 aliphatic carbocycles. The molecular formula is C21H26N2O4S. The predicted molar refractivity (Wildman–Crippen MR) is 111 cm³/mol. The van der Waals surface area contributed by atoms with Gasteiger partial charge in [-0.15, -0.1) is 11.8 Å². The van der Waals surface area contributed by atoms with Crippen LogP contribution in [0.2, 0.25) is 0 Å². The number of rotatable bonds is 11. The number of benzene rings is 2. The first kappa shape index (κ1) is 20.7. The van der Waals surface area contributed by atoms with E-state index in [1.165, 1.54) is 0 Å². The summed E-state index contributed by atoms with van der Waals surface area (Å²) >= 11 is 1.65. The molecule has 1 amide bonds. The van der Waals surface area contributed by atoms with Crippen LogP contribution in [0.1, 0.15) is 5.56 Å². The number of carbonyl (C=O) groups excluding carboxylic acids is 1. The number of aliphatic hydroxyl groups excluding tert-OH is 1. The summed E-state index contributed by atoms with van der Waals surface area (Å²) in [5.41, 5.74) is 1.95. The summed E-state index contributed by atoms with van der Waals surface area (Å²) in [4.78, 5) is 14.1. The molecule has 1 aliphatic heterocycles. The maximum atomic E-state index is 11.4. The Bertz CT molecular complexity index is 774. The lowest BCUT2D eigenvalue weighted by atomic mass is 10.2. The van der Waals surface area contributed by atoms with E-state index in [1.54, 1.807) is 16.7 Å². The van der Waals surface area contributed by atoms with Gasteiger partial charge in [-0.2, -0.15) is 0 Å². The summed E-state index contributed by atoms with van der Waals surface area (Å²) in [6.07, 6.45) is 2.42. The topological polar surface area (TPSA) is 71.0 Å². The molecule has 0 saturated heterocycles. The van der Waals surface area contributed by atoms with E-state index in [4.69, 9.17) is 9.47 Å². The highest BCUT2D eigenvalue weighted by Crippen LogP contribution is 2.31. The monoisotopic (exact) mass is 402 g/mol. The van der Waals surface area contributed by atoms with Crippen LogP contribution in [0, 0.1) is 0 Å². The highest BCUT2D eigenvalue weighted by molar-refractivity contribution is 7.98. The SMILES string of the molecule is CSc1ccccc1OCCNCC(O)COC1Cc2ccccc2N1C=O. The largest absolute Gasteiger partial charge is 0.491 e. The van der Waals surface area contributed by atoms with Crippen molar-refractivity contribution in [3.8, 4) is 5.75 Å². The number of aliphatic hydroxyl groups is 1. The third-order valence-corrected chi connectivity index (χ3v) is 5.33. The number of fused-ring (bicyclic) bond motifs is 1. The fourth-order valence-electron chi connectivity index (χ4n) is 3.16. The van der Waals surface area contributed by atoms with Gasteiger partial charge in [0.25, 0.3) is 0 Å². The molecule has 1 aliphatic rings. The summed E-state index contributed by atoms with van der Waals surface area (Å²) < 4.78 is 11.6. The number of amides is 1. The number of ether oxygens (including phenoxy) is 2. The lowest BCUT2D eigenvalue weighted by Crippen LogP contribution is -2.38. The molecule has 0 saturated carbocycles. The fourth-order valence-corrected chi connectivity index (χ4v) is 3.70. The first-order valence-corrected chi connectivity index (χ1v) is 10.5. The van der Waals surface area contributed by atoms with E-state index in [1.807, 2.05) is 54.8 Å². The molecule has 28 heavy (non-hydrogen) atoms. The van der Waals surface area contributed by atoms with Crippen molar-refractivity contribution in [1.82, 2.24) is 5.32 Å². The van der Waals surface area contributed by atoms with Crippen LogP contribution in [0.3, 0.4) is 0 Å². The van der Waals surface area contributed by atoms with Gasteiger partial charge >= 0.3 is 0 Å². The van der Waals surface area contributed by atoms with E-state index in [2.05, 4.69) is 5.32 Å². The highest BCUT2D eigenvalue weighted by atomic mass is 32.2. The van der Waals surface area contributed by atoms with Gasteiger partial charge in [0, 0.05) is 30.1 Å². The molecule has 2 aromatic carbocycles. The van der Waals surface area contributed by atoms with Crippen molar-refractivity contribution in [1.29, 1.82) is 0 Å². The second kappa shape index (κ2) is 10.5. The Labute approximate surface area is 169 Å². The molecule has 7 heteroatoms. The van der Waals surface area contributed by atoms with Crippen LogP contribution in [0.15, 0.2) is 53.4 Å². The molecule has 0 aromatic heterocycles. The Balaban J connectivity index is 1.34. The minimum Gasteiger partial charge on any atom is -0.491 e. The standard InChI is InChI=1S/C21H26N2O4S/c1-28-20-9-5-4-8-19(20)26-11-10-22-13-17(25)14-27-21-12-16-6-2-3-7-18(16)23(21)15-24/h2-9,15,17,21-22,25H,10-14H2,1H3. The maximum absolute atomic E-state index is 11.4. The van der Waals surface area contributed by atoms with Crippen LogP contribution in [0.5, 0.6) is 5.75 Å². The molecule has 6 nitrogen and oxygen atoms in total. The van der Waals surface area contributed by atoms with Crippen LogP contribution in [-0.4, -0.2) is 56.4 Å². The zero-order valence-electron chi connectivity index (χ0n) is 15.9. The Hall–Kier alpha value is -2.06. The Kier molecular flexibility index (Phi) is 7.73. The van der Waals surface area contributed by atoms with Crippen LogP contribution < -0.4 is 15.0 Å². The van der Waals surface area contributed by atoms with Gasteiger partial charge in [0.2, 0.25) is 6.41 Å². The molecule has 150 valence electrons. The zero-order chi connectivity index (χ0) is 19.8. The van der Waals surface area contributed by atoms with Crippen molar-refractivity contribution in [3.63, 3.8) is 0 Å². The summed E-state index contributed by atoms with van der Waals surface area (Å²) in [5, 5.41) is 13.3. The molecule has 0 fully saturated rings. The van der Waals surface area contributed by atoms with Crippen molar-refractivity contribution < 1.29 is 19.4 Å². The molecule has 2 aromatic rings. The molecule has 0 spiro atoms. The Morgan fingerprint density at radius 2 is 2.07 bits per heavy atom. The Morgan fingerprint density at radius 1 is 1.29 bits per heavy atom. The van der Waals surface area contributed by atoms with E-state index < -0.39 is 6.10 Å². The molecule has 0 bridgehead atoms. The third kappa shape index (κ3) is 5.26. The quantitative estimate of drug-likeness (QED) is 0.341. The summed E-state index contributed by atoms with van der Waals surface area (Å²) in [5.74, 6) is 0.871. The second-order valence-electron chi connectivity index (χ2n) is 6.49. The number of thioether (sulfide) groups is 1. The van der Waals surface area contributed by atoms with Gasteiger partial charge < -0.3 is 19.9 Å². The average molecular weight is 403 g/mol. The van der Waals surface area contributed by atoms with Crippen molar-refractivity contribution in [2.75, 3.05) is 37.5 Å². The molecule has 1 heterocycles. The summed E-state index contributed by atoms with van der Waals surface area (Å²) in [7, 11) is 0. The lowest BCUT2D eigenvalue weighted by Gasteiger charge is -2.22. The molecular weight excluding hydrogens is 376 g/mol. The second-order valence-corrected chi connectivity index (χ2v) is 7.34. The normalized spacial score (nSPS) is 16.6. The average Bonchev–Trinajstić information content (AvgIpc) is 3.09. The smallest absolute Gasteiger partial charge is 0.216 e. The molecule has 0 radical (unpaired) electrons.